The van der Waals surface area contributed by atoms with Crippen molar-refractivity contribution < 1.29 is 14.4 Å². The van der Waals surface area contributed by atoms with Gasteiger partial charge in [0.25, 0.3) is 0 Å². The van der Waals surface area contributed by atoms with Gasteiger partial charge in [0.05, 0.1) is 11.3 Å². The molecule has 2 rings (SSSR count). The van der Waals surface area contributed by atoms with Gasteiger partial charge in [0.2, 0.25) is 0 Å². The highest BCUT2D eigenvalue weighted by atomic mass is 16.5. The summed E-state index contributed by atoms with van der Waals surface area (Å²) in [5.74, 6) is -1.01. The number of nitrogens with one attached hydrogen (secondary N) is 1. The molecule has 0 fully saturated rings. The van der Waals surface area contributed by atoms with E-state index < -0.39 is 5.97 Å². The van der Waals surface area contributed by atoms with Crippen molar-refractivity contribution in [2.75, 3.05) is 0 Å². The van der Waals surface area contributed by atoms with Crippen molar-refractivity contribution in [1.29, 1.82) is 0 Å². The minimum absolute atomic E-state index is 0.0102. The first-order chi connectivity index (χ1) is 6.61. The Hall–Kier alpha value is -2.04. The first kappa shape index (κ1) is 8.55. The number of rotatable bonds is 1. The van der Waals surface area contributed by atoms with Gasteiger partial charge in [-0.05, 0) is 19.1 Å². The molecule has 0 saturated carbocycles. The van der Waals surface area contributed by atoms with Crippen molar-refractivity contribution in [3.63, 3.8) is 0 Å². The van der Waals surface area contributed by atoms with Gasteiger partial charge in [-0.25, -0.2) is 9.95 Å². The van der Waals surface area contributed by atoms with E-state index >= 15 is 0 Å². The molecule has 0 saturated heterocycles. The lowest BCUT2D eigenvalue weighted by Gasteiger charge is -1.98. The molecule has 5 heteroatoms. The number of aromatic amines is 1. The fourth-order valence-electron chi connectivity index (χ4n) is 1.37. The van der Waals surface area contributed by atoms with Gasteiger partial charge >= 0.3 is 5.97 Å². The first-order valence-corrected chi connectivity index (χ1v) is 3.95. The van der Waals surface area contributed by atoms with Crippen LogP contribution < -0.4 is 5.43 Å². The van der Waals surface area contributed by atoms with Gasteiger partial charge in [-0.3, -0.25) is 4.79 Å². The van der Waals surface area contributed by atoms with Gasteiger partial charge in [0.15, 0.2) is 11.2 Å². The van der Waals surface area contributed by atoms with Crippen LogP contribution in [0.5, 0.6) is 0 Å². The fraction of sp³-hybridized carbons (Fsp3) is 0.111. The van der Waals surface area contributed by atoms with Crippen LogP contribution in [0.25, 0.3) is 11.3 Å². The minimum atomic E-state index is -1.11. The van der Waals surface area contributed by atoms with Crippen LogP contribution in [0.15, 0.2) is 21.5 Å². The Labute approximate surface area is 78.3 Å². The van der Waals surface area contributed by atoms with E-state index in [4.69, 9.17) is 9.63 Å². The van der Waals surface area contributed by atoms with E-state index in [1.54, 1.807) is 6.92 Å². The molecule has 2 aliphatic rings. The zero-order chi connectivity index (χ0) is 10.3. The standard InChI is InChI=1S/C9H7NO4/c1-4-7-6(11)3-2-5(9(12)13)8(7)14-10-4/h2-3,10H,1H3,(H,12,13). The Morgan fingerprint density at radius 3 is 2.86 bits per heavy atom. The van der Waals surface area contributed by atoms with Crippen molar-refractivity contribution in [2.45, 2.75) is 6.92 Å². The number of aromatic carboxylic acids is 1. The molecule has 0 aromatic carbocycles. The Bertz CT molecular complexity index is 522. The molecule has 0 unspecified atom stereocenters. The number of carboxylic acid groups (broad SMARTS) is 1. The second kappa shape index (κ2) is 2.73. The topological polar surface area (TPSA) is 83.3 Å². The van der Waals surface area contributed by atoms with Crippen molar-refractivity contribution in [3.8, 4) is 11.3 Å². The molecule has 1 heterocycles. The molecule has 1 aliphatic carbocycles. The quantitative estimate of drug-likeness (QED) is 0.709. The van der Waals surface area contributed by atoms with Crippen LogP contribution in [0.1, 0.15) is 16.1 Å². The monoisotopic (exact) mass is 193 g/mol. The van der Waals surface area contributed by atoms with E-state index in [0.717, 1.165) is 0 Å². The van der Waals surface area contributed by atoms with Crippen molar-refractivity contribution in [1.82, 2.24) is 5.16 Å². The summed E-state index contributed by atoms with van der Waals surface area (Å²) >= 11 is 0. The van der Waals surface area contributed by atoms with Gasteiger partial charge in [-0.1, -0.05) is 0 Å². The normalized spacial score (nSPS) is 10.6. The van der Waals surface area contributed by atoms with Crippen LogP contribution in [0.2, 0.25) is 0 Å². The molecule has 0 aromatic rings. The van der Waals surface area contributed by atoms with E-state index in [2.05, 4.69) is 5.16 Å². The molecule has 2 N–H and O–H groups in total. The van der Waals surface area contributed by atoms with Crippen molar-refractivity contribution in [3.05, 3.63) is 33.6 Å². The van der Waals surface area contributed by atoms with Crippen LogP contribution in [0.3, 0.4) is 0 Å². The number of H-pyrrole nitrogens is 1. The van der Waals surface area contributed by atoms with Gasteiger partial charge in [-0.2, -0.15) is 0 Å². The average molecular weight is 193 g/mol. The SMILES string of the molecule is Cc1[nH]oc2c(C(=O)O)ccc(=O)c1-2. The van der Waals surface area contributed by atoms with E-state index in [1.165, 1.54) is 12.1 Å². The van der Waals surface area contributed by atoms with E-state index in [0.29, 0.717) is 11.3 Å². The third-order valence-corrected chi connectivity index (χ3v) is 2.03. The highest BCUT2D eigenvalue weighted by Crippen LogP contribution is 2.24. The van der Waals surface area contributed by atoms with Crippen LogP contribution in [-0.2, 0) is 0 Å². The number of aromatic nitrogens is 1. The zero-order valence-corrected chi connectivity index (χ0v) is 7.33. The summed E-state index contributed by atoms with van der Waals surface area (Å²) in [4.78, 5) is 22.1. The van der Waals surface area contributed by atoms with E-state index in [1.807, 2.05) is 0 Å². The summed E-state index contributed by atoms with van der Waals surface area (Å²) in [6.07, 6.45) is 0. The number of benzene rings is 1. The molecule has 0 atom stereocenters. The Morgan fingerprint density at radius 1 is 1.50 bits per heavy atom. The van der Waals surface area contributed by atoms with Gasteiger partial charge in [-0.15, -0.1) is 0 Å². The number of fused-ring (bicyclic) bond motifs is 1. The maximum absolute atomic E-state index is 11.4. The van der Waals surface area contributed by atoms with E-state index in [9.17, 15) is 9.59 Å². The van der Waals surface area contributed by atoms with Gasteiger partial charge < -0.3 is 9.63 Å². The summed E-state index contributed by atoms with van der Waals surface area (Å²) < 4.78 is 4.92. The molecule has 1 aliphatic heterocycles. The molecule has 0 bridgehead atoms. The smallest absolute Gasteiger partial charge is 0.339 e. The molecule has 5 nitrogen and oxygen atoms in total. The predicted molar refractivity (Wildman–Crippen MR) is 47.6 cm³/mol. The van der Waals surface area contributed by atoms with Gasteiger partial charge in [0.1, 0.15) is 5.56 Å². The lowest BCUT2D eigenvalue weighted by Crippen LogP contribution is -2.08. The second-order valence-corrected chi connectivity index (χ2v) is 2.95. The number of carboxylic acids is 1. The average Bonchev–Trinajstić information content (AvgIpc) is 2.49. The van der Waals surface area contributed by atoms with Crippen LogP contribution in [-0.4, -0.2) is 16.2 Å². The maximum Gasteiger partial charge on any atom is 0.339 e. The highest BCUT2D eigenvalue weighted by Gasteiger charge is 2.22. The summed E-state index contributed by atoms with van der Waals surface area (Å²) in [5, 5.41) is 11.3. The lowest BCUT2D eigenvalue weighted by atomic mass is 10.0. The molecule has 0 spiro atoms. The molecule has 0 aromatic heterocycles. The van der Waals surface area contributed by atoms with Crippen molar-refractivity contribution in [2.24, 2.45) is 0 Å². The molecule has 14 heavy (non-hydrogen) atoms. The summed E-state index contributed by atoms with van der Waals surface area (Å²) in [6.45, 7) is 1.65. The Kier molecular flexibility index (Phi) is 1.67. The Morgan fingerprint density at radius 2 is 2.21 bits per heavy atom. The minimum Gasteiger partial charge on any atom is -0.478 e. The highest BCUT2D eigenvalue weighted by molar-refractivity contribution is 5.94. The zero-order valence-electron chi connectivity index (χ0n) is 7.33. The third-order valence-electron chi connectivity index (χ3n) is 2.03. The number of carbonyl (C=O) groups is 1. The number of hydrogen-bond acceptors (Lipinski definition) is 3. The molecular formula is C9H7NO4. The Balaban J connectivity index is 2.85. The molecule has 72 valence electrons. The van der Waals surface area contributed by atoms with Crippen molar-refractivity contribution >= 4 is 5.97 Å². The fourth-order valence-corrected chi connectivity index (χ4v) is 1.37. The second-order valence-electron chi connectivity index (χ2n) is 2.95. The molecular weight excluding hydrogens is 186 g/mol. The largest absolute Gasteiger partial charge is 0.478 e. The summed E-state index contributed by atoms with van der Waals surface area (Å²) in [6, 6.07) is 2.46. The third kappa shape index (κ3) is 1.02. The predicted octanol–water partition coefficient (Wildman–Crippen LogP) is 1.08. The molecule has 0 radical (unpaired) electrons. The number of aryl methyl sites for hydroxylation is 1. The van der Waals surface area contributed by atoms with E-state index in [-0.39, 0.29) is 16.8 Å². The summed E-state index contributed by atoms with van der Waals surface area (Å²) in [5.41, 5.74) is 0.578. The maximum atomic E-state index is 11.4. The first-order valence-electron chi connectivity index (χ1n) is 3.95. The summed E-state index contributed by atoms with van der Waals surface area (Å²) in [7, 11) is 0. The molecule has 0 amide bonds. The van der Waals surface area contributed by atoms with Gasteiger partial charge in [0, 0.05) is 0 Å². The lowest BCUT2D eigenvalue weighted by molar-refractivity contribution is 0.0695. The van der Waals surface area contributed by atoms with Crippen LogP contribution in [0.4, 0.5) is 0 Å². The van der Waals surface area contributed by atoms with Crippen LogP contribution >= 0.6 is 0 Å². The van der Waals surface area contributed by atoms with Crippen LogP contribution in [0, 0.1) is 6.92 Å². The number of hydrogen-bond donors (Lipinski definition) is 2.